The maximum absolute atomic E-state index is 10.7. The van der Waals surface area contributed by atoms with Gasteiger partial charge in [-0.05, 0) is 6.07 Å². The van der Waals surface area contributed by atoms with Gasteiger partial charge >= 0.3 is 0 Å². The fraction of sp³-hybridized carbons (Fsp3) is 0. The number of rotatable bonds is 1. The second-order valence-corrected chi connectivity index (χ2v) is 3.46. The van der Waals surface area contributed by atoms with Crippen LogP contribution in [0.5, 0.6) is 0 Å². The average molecular weight is 254 g/mol. The van der Waals surface area contributed by atoms with Crippen molar-refractivity contribution in [2.45, 2.75) is 0 Å². The second-order valence-electron chi connectivity index (χ2n) is 2.61. The Kier molecular flexibility index (Phi) is 2.12. The van der Waals surface area contributed by atoms with Gasteiger partial charge in [0.15, 0.2) is 5.52 Å². The molecule has 0 N–H and O–H groups in total. The molecule has 1 heterocycles. The van der Waals surface area contributed by atoms with Crippen molar-refractivity contribution in [2.75, 3.05) is 0 Å². The third-order valence-electron chi connectivity index (χ3n) is 1.80. The van der Waals surface area contributed by atoms with Crippen LogP contribution in [0.2, 0.25) is 0 Å². The molecule has 5 nitrogen and oxygen atoms in total. The molecule has 0 aliphatic rings. The van der Waals surface area contributed by atoms with E-state index in [-0.39, 0.29) is 5.69 Å². The van der Waals surface area contributed by atoms with Gasteiger partial charge < -0.3 is 0 Å². The Morgan fingerprint density at radius 2 is 2.21 bits per heavy atom. The molecular weight excluding hydrogens is 250 g/mol. The number of nitrogens with zero attached hydrogens (tertiary/aromatic N) is 3. The van der Waals surface area contributed by atoms with E-state index in [0.717, 1.165) is 4.47 Å². The Balaban J connectivity index is 2.88. The molecule has 0 amide bonds. The summed E-state index contributed by atoms with van der Waals surface area (Å²) in [5, 5.41) is 11.3. The van der Waals surface area contributed by atoms with Crippen LogP contribution in [0.15, 0.2) is 29.1 Å². The molecule has 2 rings (SSSR count). The molecule has 1 aromatic carbocycles. The highest BCUT2D eigenvalue weighted by molar-refractivity contribution is 9.10. The van der Waals surface area contributed by atoms with Gasteiger partial charge in [-0.2, -0.15) is 0 Å². The normalized spacial score (nSPS) is 10.4. The third-order valence-corrected chi connectivity index (χ3v) is 2.49. The summed E-state index contributed by atoms with van der Waals surface area (Å²) < 4.78 is 0.749. The number of non-ortho nitro benzene ring substituents is 1. The van der Waals surface area contributed by atoms with Gasteiger partial charge in [-0.3, -0.25) is 10.1 Å². The topological polar surface area (TPSA) is 68.9 Å². The third kappa shape index (κ3) is 1.33. The summed E-state index contributed by atoms with van der Waals surface area (Å²) >= 11 is 3.28. The lowest BCUT2D eigenvalue weighted by Crippen LogP contribution is -1.92. The van der Waals surface area contributed by atoms with E-state index in [2.05, 4.69) is 25.9 Å². The first kappa shape index (κ1) is 9.01. The summed E-state index contributed by atoms with van der Waals surface area (Å²) in [7, 11) is 0. The SMILES string of the molecule is O=[N+]([O-])c1ccc(Br)c2cncnc12. The fourth-order valence-electron chi connectivity index (χ4n) is 1.18. The van der Waals surface area contributed by atoms with Crippen molar-refractivity contribution in [3.63, 3.8) is 0 Å². The Morgan fingerprint density at radius 1 is 1.43 bits per heavy atom. The molecule has 0 aliphatic heterocycles. The molecule has 0 bridgehead atoms. The van der Waals surface area contributed by atoms with Crippen LogP contribution in [0.4, 0.5) is 5.69 Å². The zero-order valence-electron chi connectivity index (χ0n) is 6.85. The van der Waals surface area contributed by atoms with Gasteiger partial charge in [-0.1, -0.05) is 15.9 Å². The molecule has 2 aromatic rings. The lowest BCUT2D eigenvalue weighted by molar-refractivity contribution is -0.383. The van der Waals surface area contributed by atoms with Gasteiger partial charge in [-0.15, -0.1) is 0 Å². The number of nitro groups is 1. The smallest absolute Gasteiger partial charge is 0.258 e. The van der Waals surface area contributed by atoms with E-state index in [0.29, 0.717) is 10.9 Å². The molecule has 0 spiro atoms. The highest BCUT2D eigenvalue weighted by Gasteiger charge is 2.14. The van der Waals surface area contributed by atoms with Gasteiger partial charge in [0, 0.05) is 22.1 Å². The number of hydrogen-bond donors (Lipinski definition) is 0. The largest absolute Gasteiger partial charge is 0.295 e. The van der Waals surface area contributed by atoms with Gasteiger partial charge in [-0.25, -0.2) is 9.97 Å². The molecular formula is C8H4BrN3O2. The minimum atomic E-state index is -0.457. The van der Waals surface area contributed by atoms with Crippen LogP contribution in [0.1, 0.15) is 0 Å². The number of fused-ring (bicyclic) bond motifs is 1. The lowest BCUT2D eigenvalue weighted by Gasteiger charge is -1.99. The standard InChI is InChI=1S/C8H4BrN3O2/c9-6-1-2-7(12(13)14)8-5(6)3-10-4-11-8/h1-4H. The molecule has 0 unspecified atom stereocenters. The maximum atomic E-state index is 10.7. The minimum absolute atomic E-state index is 0.00870. The van der Waals surface area contributed by atoms with Gasteiger partial charge in [0.05, 0.1) is 4.92 Å². The average Bonchev–Trinajstić information content (AvgIpc) is 2.18. The van der Waals surface area contributed by atoms with E-state index in [1.807, 2.05) is 0 Å². The first-order valence-corrected chi connectivity index (χ1v) is 4.52. The predicted octanol–water partition coefficient (Wildman–Crippen LogP) is 2.30. The van der Waals surface area contributed by atoms with Gasteiger partial charge in [0.2, 0.25) is 0 Å². The number of hydrogen-bond acceptors (Lipinski definition) is 4. The van der Waals surface area contributed by atoms with Crippen LogP contribution in [0.25, 0.3) is 10.9 Å². The molecule has 0 saturated heterocycles. The highest BCUT2D eigenvalue weighted by atomic mass is 79.9. The summed E-state index contributed by atoms with van der Waals surface area (Å²) in [6.07, 6.45) is 2.83. The van der Waals surface area contributed by atoms with E-state index in [4.69, 9.17) is 0 Å². The lowest BCUT2D eigenvalue weighted by atomic mass is 10.2. The van der Waals surface area contributed by atoms with Crippen LogP contribution < -0.4 is 0 Å². The molecule has 6 heteroatoms. The number of halogens is 1. The molecule has 0 fully saturated rings. The Bertz CT molecular complexity index is 515. The molecule has 70 valence electrons. The van der Waals surface area contributed by atoms with E-state index in [9.17, 15) is 10.1 Å². The summed E-state index contributed by atoms with van der Waals surface area (Å²) in [4.78, 5) is 17.9. The predicted molar refractivity (Wildman–Crippen MR) is 53.9 cm³/mol. The number of nitro benzene ring substituents is 1. The first-order chi connectivity index (χ1) is 6.70. The summed E-state index contributed by atoms with van der Waals surface area (Å²) in [5.41, 5.74) is 0.338. The Labute approximate surface area is 87.1 Å². The molecule has 0 saturated carbocycles. The molecule has 0 aliphatic carbocycles. The first-order valence-electron chi connectivity index (χ1n) is 3.73. The number of benzene rings is 1. The number of aromatic nitrogens is 2. The van der Waals surface area contributed by atoms with Crippen LogP contribution in [-0.4, -0.2) is 14.9 Å². The summed E-state index contributed by atoms with van der Waals surface area (Å²) in [5.74, 6) is 0. The van der Waals surface area contributed by atoms with E-state index < -0.39 is 4.92 Å². The Morgan fingerprint density at radius 3 is 2.93 bits per heavy atom. The van der Waals surface area contributed by atoms with Crippen LogP contribution in [-0.2, 0) is 0 Å². The molecule has 0 atom stereocenters. The molecule has 1 aromatic heterocycles. The van der Waals surface area contributed by atoms with Crippen LogP contribution in [0, 0.1) is 10.1 Å². The highest BCUT2D eigenvalue weighted by Crippen LogP contribution is 2.28. The van der Waals surface area contributed by atoms with Crippen LogP contribution >= 0.6 is 15.9 Å². The monoisotopic (exact) mass is 253 g/mol. The zero-order valence-corrected chi connectivity index (χ0v) is 8.43. The fourth-order valence-corrected chi connectivity index (χ4v) is 1.60. The molecule has 14 heavy (non-hydrogen) atoms. The van der Waals surface area contributed by atoms with Crippen LogP contribution in [0.3, 0.4) is 0 Å². The maximum Gasteiger partial charge on any atom is 0.295 e. The quantitative estimate of drug-likeness (QED) is 0.578. The summed E-state index contributed by atoms with van der Waals surface area (Å²) in [6, 6.07) is 3.03. The van der Waals surface area contributed by atoms with Crippen molar-refractivity contribution in [1.82, 2.24) is 9.97 Å². The minimum Gasteiger partial charge on any atom is -0.258 e. The van der Waals surface area contributed by atoms with Crippen molar-refractivity contribution in [3.05, 3.63) is 39.2 Å². The van der Waals surface area contributed by atoms with Crippen molar-refractivity contribution in [1.29, 1.82) is 0 Å². The van der Waals surface area contributed by atoms with Gasteiger partial charge in [0.25, 0.3) is 5.69 Å². The van der Waals surface area contributed by atoms with Crippen molar-refractivity contribution < 1.29 is 4.92 Å². The van der Waals surface area contributed by atoms with Gasteiger partial charge in [0.1, 0.15) is 6.33 Å². The molecule has 0 radical (unpaired) electrons. The zero-order chi connectivity index (χ0) is 10.1. The van der Waals surface area contributed by atoms with E-state index >= 15 is 0 Å². The van der Waals surface area contributed by atoms with Crippen molar-refractivity contribution in [2.24, 2.45) is 0 Å². The summed E-state index contributed by atoms with van der Waals surface area (Å²) in [6.45, 7) is 0. The van der Waals surface area contributed by atoms with E-state index in [1.165, 1.54) is 12.4 Å². The van der Waals surface area contributed by atoms with Crippen molar-refractivity contribution in [3.8, 4) is 0 Å². The Hall–Kier alpha value is -1.56. The second kappa shape index (κ2) is 3.30. The van der Waals surface area contributed by atoms with Crippen molar-refractivity contribution >= 4 is 32.5 Å². The van der Waals surface area contributed by atoms with E-state index in [1.54, 1.807) is 12.3 Å².